The molecule has 0 N–H and O–H groups in total. The SMILES string of the molecule is O=Cc1ccc(N2CCN(S(=O)(=O)c3ccccc3)CC2)cc1. The fourth-order valence-electron chi connectivity index (χ4n) is 2.69. The van der Waals surface area contributed by atoms with E-state index in [4.69, 9.17) is 0 Å². The molecule has 1 aliphatic heterocycles. The predicted octanol–water partition coefficient (Wildman–Crippen LogP) is 2.01. The normalized spacial score (nSPS) is 16.3. The number of hydrogen-bond acceptors (Lipinski definition) is 4. The molecular formula is C17H18N2O3S. The Balaban J connectivity index is 1.69. The Kier molecular flexibility index (Phi) is 4.45. The average Bonchev–Trinajstić information content (AvgIpc) is 2.63. The van der Waals surface area contributed by atoms with Gasteiger partial charge >= 0.3 is 0 Å². The second-order valence-corrected chi connectivity index (χ2v) is 7.35. The first-order valence-electron chi connectivity index (χ1n) is 7.46. The third-order valence-corrected chi connectivity index (χ3v) is 5.93. The summed E-state index contributed by atoms with van der Waals surface area (Å²) in [7, 11) is -3.42. The zero-order valence-corrected chi connectivity index (χ0v) is 13.4. The summed E-state index contributed by atoms with van der Waals surface area (Å²) in [5, 5.41) is 0. The number of carbonyl (C=O) groups is 1. The van der Waals surface area contributed by atoms with E-state index < -0.39 is 10.0 Å². The van der Waals surface area contributed by atoms with E-state index in [0.29, 0.717) is 36.6 Å². The van der Waals surface area contributed by atoms with Crippen LogP contribution in [0.2, 0.25) is 0 Å². The van der Waals surface area contributed by atoms with E-state index in [0.717, 1.165) is 12.0 Å². The van der Waals surface area contributed by atoms with Gasteiger partial charge in [0.05, 0.1) is 4.90 Å². The summed E-state index contributed by atoms with van der Waals surface area (Å²) in [4.78, 5) is 13.2. The first-order chi connectivity index (χ1) is 11.1. The number of benzene rings is 2. The molecule has 2 aromatic carbocycles. The Morgan fingerprint density at radius 2 is 1.43 bits per heavy atom. The minimum Gasteiger partial charge on any atom is -0.369 e. The molecule has 0 unspecified atom stereocenters. The van der Waals surface area contributed by atoms with Crippen LogP contribution in [0.5, 0.6) is 0 Å². The van der Waals surface area contributed by atoms with Crippen LogP contribution in [-0.2, 0) is 10.0 Å². The molecule has 0 atom stereocenters. The van der Waals surface area contributed by atoms with Crippen molar-refractivity contribution in [3.05, 3.63) is 60.2 Å². The van der Waals surface area contributed by atoms with Gasteiger partial charge in [0.2, 0.25) is 10.0 Å². The Labute approximate surface area is 136 Å². The van der Waals surface area contributed by atoms with Gasteiger partial charge in [-0.1, -0.05) is 18.2 Å². The minimum atomic E-state index is -3.42. The van der Waals surface area contributed by atoms with Gasteiger partial charge in [0, 0.05) is 37.4 Å². The van der Waals surface area contributed by atoms with E-state index in [1.165, 1.54) is 4.31 Å². The lowest BCUT2D eigenvalue weighted by Gasteiger charge is -2.35. The largest absolute Gasteiger partial charge is 0.369 e. The Hall–Kier alpha value is -2.18. The first-order valence-corrected chi connectivity index (χ1v) is 8.91. The van der Waals surface area contributed by atoms with Crippen molar-refractivity contribution in [2.24, 2.45) is 0 Å². The third kappa shape index (κ3) is 3.28. The van der Waals surface area contributed by atoms with E-state index in [-0.39, 0.29) is 0 Å². The second-order valence-electron chi connectivity index (χ2n) is 5.41. The van der Waals surface area contributed by atoms with Crippen LogP contribution in [0.3, 0.4) is 0 Å². The molecule has 120 valence electrons. The summed E-state index contributed by atoms with van der Waals surface area (Å²) >= 11 is 0. The second kappa shape index (κ2) is 6.52. The van der Waals surface area contributed by atoms with Crippen molar-refractivity contribution in [2.45, 2.75) is 4.90 Å². The quantitative estimate of drug-likeness (QED) is 0.805. The summed E-state index contributed by atoms with van der Waals surface area (Å²) < 4.78 is 26.7. The molecule has 23 heavy (non-hydrogen) atoms. The van der Waals surface area contributed by atoms with Crippen LogP contribution in [0.25, 0.3) is 0 Å². The molecule has 0 saturated carbocycles. The molecule has 0 spiro atoms. The fraction of sp³-hybridized carbons (Fsp3) is 0.235. The number of hydrogen-bond donors (Lipinski definition) is 0. The fourth-order valence-corrected chi connectivity index (χ4v) is 4.14. The molecule has 1 heterocycles. The molecule has 1 fully saturated rings. The van der Waals surface area contributed by atoms with Gasteiger partial charge in [-0.3, -0.25) is 4.79 Å². The number of rotatable bonds is 4. The van der Waals surface area contributed by atoms with Gasteiger partial charge in [-0.05, 0) is 36.4 Å². The maximum atomic E-state index is 12.6. The summed E-state index contributed by atoms with van der Waals surface area (Å²) in [6.07, 6.45) is 0.814. The molecule has 0 radical (unpaired) electrons. The van der Waals surface area contributed by atoms with Crippen LogP contribution < -0.4 is 4.90 Å². The van der Waals surface area contributed by atoms with Gasteiger partial charge in [-0.25, -0.2) is 8.42 Å². The van der Waals surface area contributed by atoms with Crippen LogP contribution in [0.1, 0.15) is 10.4 Å². The maximum absolute atomic E-state index is 12.6. The van der Waals surface area contributed by atoms with Gasteiger partial charge in [0.15, 0.2) is 0 Å². The van der Waals surface area contributed by atoms with Gasteiger partial charge in [0.25, 0.3) is 0 Å². The van der Waals surface area contributed by atoms with Crippen molar-refractivity contribution in [1.82, 2.24) is 4.31 Å². The van der Waals surface area contributed by atoms with Crippen LogP contribution in [0, 0.1) is 0 Å². The van der Waals surface area contributed by atoms with E-state index in [9.17, 15) is 13.2 Å². The molecule has 0 aliphatic carbocycles. The van der Waals surface area contributed by atoms with E-state index in [1.807, 2.05) is 12.1 Å². The molecule has 1 aliphatic rings. The summed E-state index contributed by atoms with van der Waals surface area (Å²) in [5.74, 6) is 0. The van der Waals surface area contributed by atoms with Crippen LogP contribution >= 0.6 is 0 Å². The number of anilines is 1. The lowest BCUT2D eigenvalue weighted by molar-refractivity contribution is 0.112. The highest BCUT2D eigenvalue weighted by Gasteiger charge is 2.28. The van der Waals surface area contributed by atoms with Crippen LogP contribution in [-0.4, -0.2) is 45.2 Å². The van der Waals surface area contributed by atoms with Gasteiger partial charge in [-0.15, -0.1) is 0 Å². The number of aldehydes is 1. The van der Waals surface area contributed by atoms with Crippen molar-refractivity contribution < 1.29 is 13.2 Å². The number of nitrogens with zero attached hydrogens (tertiary/aromatic N) is 2. The summed E-state index contributed by atoms with van der Waals surface area (Å²) in [6, 6.07) is 15.9. The Morgan fingerprint density at radius 3 is 2.00 bits per heavy atom. The highest BCUT2D eigenvalue weighted by molar-refractivity contribution is 7.89. The molecule has 3 rings (SSSR count). The first kappa shape index (κ1) is 15.7. The van der Waals surface area contributed by atoms with Crippen LogP contribution in [0.4, 0.5) is 5.69 Å². The molecule has 0 bridgehead atoms. The van der Waals surface area contributed by atoms with Crippen molar-refractivity contribution >= 4 is 22.0 Å². The molecule has 0 amide bonds. The van der Waals surface area contributed by atoms with E-state index >= 15 is 0 Å². The minimum absolute atomic E-state index is 0.337. The van der Waals surface area contributed by atoms with Crippen molar-refractivity contribution in [1.29, 1.82) is 0 Å². The third-order valence-electron chi connectivity index (χ3n) is 4.01. The van der Waals surface area contributed by atoms with E-state index in [2.05, 4.69) is 4.90 Å². The van der Waals surface area contributed by atoms with Crippen LogP contribution in [0.15, 0.2) is 59.5 Å². The highest BCUT2D eigenvalue weighted by Crippen LogP contribution is 2.21. The van der Waals surface area contributed by atoms with Crippen molar-refractivity contribution in [2.75, 3.05) is 31.1 Å². The number of sulfonamides is 1. The van der Waals surface area contributed by atoms with Crippen molar-refractivity contribution in [3.8, 4) is 0 Å². The van der Waals surface area contributed by atoms with Gasteiger partial charge < -0.3 is 4.90 Å². The molecule has 6 heteroatoms. The lowest BCUT2D eigenvalue weighted by Crippen LogP contribution is -2.48. The monoisotopic (exact) mass is 330 g/mol. The lowest BCUT2D eigenvalue weighted by atomic mass is 10.2. The number of piperazine rings is 1. The van der Waals surface area contributed by atoms with Crippen molar-refractivity contribution in [3.63, 3.8) is 0 Å². The molecule has 0 aromatic heterocycles. The number of carbonyl (C=O) groups excluding carboxylic acids is 1. The molecular weight excluding hydrogens is 312 g/mol. The summed E-state index contributed by atoms with van der Waals surface area (Å²) in [5.41, 5.74) is 1.64. The molecule has 2 aromatic rings. The van der Waals surface area contributed by atoms with Gasteiger partial charge in [0.1, 0.15) is 6.29 Å². The maximum Gasteiger partial charge on any atom is 0.243 e. The zero-order valence-electron chi connectivity index (χ0n) is 12.6. The predicted molar refractivity (Wildman–Crippen MR) is 89.2 cm³/mol. The zero-order chi connectivity index (χ0) is 16.3. The van der Waals surface area contributed by atoms with Gasteiger partial charge in [-0.2, -0.15) is 4.31 Å². The topological polar surface area (TPSA) is 57.7 Å². The van der Waals surface area contributed by atoms with E-state index in [1.54, 1.807) is 42.5 Å². The summed E-state index contributed by atoms with van der Waals surface area (Å²) in [6.45, 7) is 2.16. The molecule has 5 nitrogen and oxygen atoms in total. The standard InChI is InChI=1S/C17H18N2O3S/c20-14-15-6-8-16(9-7-15)18-10-12-19(13-11-18)23(21,22)17-4-2-1-3-5-17/h1-9,14H,10-13H2. The smallest absolute Gasteiger partial charge is 0.243 e. The molecule has 1 saturated heterocycles. The Bertz CT molecular complexity index is 765. The highest BCUT2D eigenvalue weighted by atomic mass is 32.2. The average molecular weight is 330 g/mol. The Morgan fingerprint density at radius 1 is 0.826 bits per heavy atom.